The van der Waals surface area contributed by atoms with E-state index in [2.05, 4.69) is 88.2 Å². The fraction of sp³-hybridized carbons (Fsp3) is 0.951. The van der Waals surface area contributed by atoms with E-state index in [9.17, 15) is 10.0 Å². The summed E-state index contributed by atoms with van der Waals surface area (Å²) in [5.74, 6) is -1.52. The molecular formula is C41H73NO9. The van der Waals surface area contributed by atoms with Crippen molar-refractivity contribution in [1.82, 2.24) is 0 Å². The minimum Gasteiger partial charge on any atom is -0.456 e. The summed E-state index contributed by atoms with van der Waals surface area (Å²) in [7, 11) is 0. The van der Waals surface area contributed by atoms with E-state index in [1.807, 2.05) is 27.7 Å². The summed E-state index contributed by atoms with van der Waals surface area (Å²) in [6, 6.07) is 0. The predicted molar refractivity (Wildman–Crippen MR) is 197 cm³/mol. The molecule has 0 saturated carbocycles. The normalized spacial score (nSPS) is 47.3. The standard InChI is InChI=1S/C41H73NO9/c1-17-30-32(42-44)35-25(6)33(50-41(15,16)51-35)22(3)19-40(13,14)36(49-38-24(5)21(2)18-23(4)45-38)26(7)34(27(8)37(43)47-30)48-31-20-39(11,12)28(9)29(10)46-31/h21-31,33-36,38,44H,17-20H2,1-16H3/b42-32-/t21-,22+,23+,24+,25-,26-,27+,28-,29-,30+,31?,33-,34-,35+,36+,38?/m0/s1. The SMILES string of the molecule is CC[C@H]1OC(=O)[C@H](C)[C@@H](OC2CC(C)(C)[C@@H](C)[C@H](C)O2)[C@H](C)[C@@H](OC2O[C@H](C)C[C@H](C)[C@H]2C)C(C)(C)C[C@@H](C)[C@@H]2OC(C)(C)O[C@@H](/C1=N\O)[C@H]2C. The molecular weight excluding hydrogens is 650 g/mol. The average Bonchev–Trinajstić information content (AvgIpc) is 3.02. The van der Waals surface area contributed by atoms with E-state index < -0.39 is 54.0 Å². The molecule has 4 fully saturated rings. The number of ether oxygens (including phenoxy) is 7. The first kappa shape index (κ1) is 42.4. The van der Waals surface area contributed by atoms with Crippen LogP contribution in [-0.4, -0.2) is 78.0 Å². The Morgan fingerprint density at radius 1 is 0.804 bits per heavy atom. The van der Waals surface area contributed by atoms with Crippen LogP contribution in [0.15, 0.2) is 5.16 Å². The van der Waals surface area contributed by atoms with Gasteiger partial charge in [0.05, 0.1) is 36.4 Å². The monoisotopic (exact) mass is 724 g/mol. The Morgan fingerprint density at radius 2 is 1.45 bits per heavy atom. The summed E-state index contributed by atoms with van der Waals surface area (Å²) in [6.45, 7) is 33.9. The van der Waals surface area contributed by atoms with E-state index in [0.29, 0.717) is 30.4 Å². The second kappa shape index (κ2) is 16.2. The highest BCUT2D eigenvalue weighted by molar-refractivity contribution is 5.94. The maximum Gasteiger partial charge on any atom is 0.311 e. The predicted octanol–water partition coefficient (Wildman–Crippen LogP) is 8.61. The highest BCUT2D eigenvalue weighted by Gasteiger charge is 2.52. The highest BCUT2D eigenvalue weighted by atomic mass is 16.7. The van der Waals surface area contributed by atoms with Crippen LogP contribution in [0.4, 0.5) is 0 Å². The molecule has 0 spiro atoms. The van der Waals surface area contributed by atoms with Gasteiger partial charge in [0.2, 0.25) is 0 Å². The van der Waals surface area contributed by atoms with Crippen LogP contribution in [0.25, 0.3) is 0 Å². The minimum absolute atomic E-state index is 0.0166. The average molecular weight is 724 g/mol. The van der Waals surface area contributed by atoms with Crippen molar-refractivity contribution in [2.75, 3.05) is 0 Å². The second-order valence-electron chi connectivity index (χ2n) is 18.9. The van der Waals surface area contributed by atoms with Gasteiger partial charge in [0.25, 0.3) is 0 Å². The molecule has 2 unspecified atom stereocenters. The van der Waals surface area contributed by atoms with Gasteiger partial charge in [0, 0.05) is 24.2 Å². The third kappa shape index (κ3) is 9.33. The van der Waals surface area contributed by atoms with Gasteiger partial charge in [0.15, 0.2) is 18.4 Å². The van der Waals surface area contributed by atoms with Gasteiger partial charge in [0.1, 0.15) is 17.9 Å². The summed E-state index contributed by atoms with van der Waals surface area (Å²) in [6.07, 6.45) is -0.667. The Bertz CT molecular complexity index is 1200. The molecule has 0 aliphatic carbocycles. The van der Waals surface area contributed by atoms with Crippen molar-refractivity contribution in [3.63, 3.8) is 0 Å². The van der Waals surface area contributed by atoms with Gasteiger partial charge in [-0.05, 0) is 82.5 Å². The minimum atomic E-state index is -0.953. The first-order valence-corrected chi connectivity index (χ1v) is 19.9. The van der Waals surface area contributed by atoms with Crippen LogP contribution in [0.1, 0.15) is 136 Å². The number of nitrogens with zero attached hydrogens (tertiary/aromatic N) is 1. The number of rotatable bonds is 5. The molecule has 10 nitrogen and oxygen atoms in total. The van der Waals surface area contributed by atoms with E-state index in [4.69, 9.17) is 33.2 Å². The fourth-order valence-electron chi connectivity index (χ4n) is 9.63. The van der Waals surface area contributed by atoms with E-state index in [1.165, 1.54) is 0 Å². The number of fused-ring (bicyclic) bond motifs is 2. The number of carbonyl (C=O) groups is 1. The Kier molecular flexibility index (Phi) is 13.5. The van der Waals surface area contributed by atoms with Gasteiger partial charge in [-0.3, -0.25) is 4.79 Å². The van der Waals surface area contributed by atoms with Crippen molar-refractivity contribution < 1.29 is 43.2 Å². The molecule has 1 N–H and O–H groups in total. The molecule has 0 aromatic rings. The van der Waals surface area contributed by atoms with Gasteiger partial charge in [-0.25, -0.2) is 0 Å². The molecule has 0 amide bonds. The number of hydrogen-bond donors (Lipinski definition) is 1. The van der Waals surface area contributed by atoms with Crippen molar-refractivity contribution in [1.29, 1.82) is 0 Å². The molecule has 4 aliphatic rings. The van der Waals surface area contributed by atoms with E-state index >= 15 is 0 Å². The van der Waals surface area contributed by atoms with Crippen molar-refractivity contribution in [3.05, 3.63) is 0 Å². The zero-order chi connectivity index (χ0) is 38.4. The molecule has 296 valence electrons. The van der Waals surface area contributed by atoms with Crippen molar-refractivity contribution in [2.45, 2.75) is 198 Å². The van der Waals surface area contributed by atoms with Crippen LogP contribution in [-0.2, 0) is 38.0 Å². The quantitative estimate of drug-likeness (QED) is 0.169. The summed E-state index contributed by atoms with van der Waals surface area (Å²) >= 11 is 0. The Hall–Kier alpha value is -1.30. The smallest absolute Gasteiger partial charge is 0.311 e. The van der Waals surface area contributed by atoms with Gasteiger partial charge in [-0.15, -0.1) is 0 Å². The third-order valence-corrected chi connectivity index (χ3v) is 13.2. The largest absolute Gasteiger partial charge is 0.456 e. The van der Waals surface area contributed by atoms with E-state index in [1.54, 1.807) is 0 Å². The maximum atomic E-state index is 14.4. The number of hydrogen-bond acceptors (Lipinski definition) is 10. The first-order chi connectivity index (χ1) is 23.5. The van der Waals surface area contributed by atoms with Crippen LogP contribution in [0.3, 0.4) is 0 Å². The zero-order valence-electron chi connectivity index (χ0n) is 34.7. The molecule has 2 bridgehead atoms. The zero-order valence-corrected chi connectivity index (χ0v) is 34.7. The van der Waals surface area contributed by atoms with Crippen molar-refractivity contribution in [3.8, 4) is 0 Å². The lowest BCUT2D eigenvalue weighted by Crippen LogP contribution is -2.58. The molecule has 4 saturated heterocycles. The summed E-state index contributed by atoms with van der Waals surface area (Å²) in [5, 5.41) is 14.2. The van der Waals surface area contributed by atoms with Gasteiger partial charge >= 0.3 is 5.97 Å². The Labute approximate surface area is 309 Å². The van der Waals surface area contributed by atoms with Crippen LogP contribution < -0.4 is 0 Å². The number of cyclic esters (lactones) is 1. The summed E-state index contributed by atoms with van der Waals surface area (Å²) < 4.78 is 46.7. The van der Waals surface area contributed by atoms with Gasteiger partial charge in [-0.1, -0.05) is 81.3 Å². The molecule has 10 heteroatoms. The van der Waals surface area contributed by atoms with Crippen molar-refractivity contribution in [2.24, 2.45) is 57.4 Å². The Balaban J connectivity index is 1.84. The van der Waals surface area contributed by atoms with Crippen LogP contribution >= 0.6 is 0 Å². The van der Waals surface area contributed by atoms with Gasteiger partial charge < -0.3 is 38.4 Å². The second-order valence-corrected chi connectivity index (χ2v) is 18.9. The molecule has 0 aromatic heterocycles. The van der Waals surface area contributed by atoms with Crippen LogP contribution in [0.2, 0.25) is 0 Å². The van der Waals surface area contributed by atoms with E-state index in [-0.39, 0.29) is 53.5 Å². The molecule has 0 radical (unpaired) electrons. The third-order valence-electron chi connectivity index (χ3n) is 13.2. The topological polar surface area (TPSA) is 114 Å². The van der Waals surface area contributed by atoms with E-state index in [0.717, 1.165) is 12.8 Å². The van der Waals surface area contributed by atoms with Crippen LogP contribution in [0.5, 0.6) is 0 Å². The number of esters is 1. The molecule has 4 rings (SSSR count). The molecule has 4 heterocycles. The summed E-state index contributed by atoms with van der Waals surface area (Å²) in [4.78, 5) is 14.4. The molecule has 16 atom stereocenters. The van der Waals surface area contributed by atoms with Gasteiger partial charge in [-0.2, -0.15) is 0 Å². The van der Waals surface area contributed by atoms with Crippen LogP contribution in [0, 0.1) is 52.3 Å². The fourth-order valence-corrected chi connectivity index (χ4v) is 9.63. The number of oxime groups is 1. The molecule has 4 aliphatic heterocycles. The highest BCUT2D eigenvalue weighted by Crippen LogP contribution is 2.47. The lowest BCUT2D eigenvalue weighted by Gasteiger charge is -2.51. The lowest BCUT2D eigenvalue weighted by molar-refractivity contribution is -0.318. The molecule has 51 heavy (non-hydrogen) atoms. The lowest BCUT2D eigenvalue weighted by atomic mass is 9.69. The van der Waals surface area contributed by atoms with Crippen molar-refractivity contribution >= 4 is 11.7 Å². The maximum absolute atomic E-state index is 14.4. The number of carbonyl (C=O) groups excluding carboxylic acids is 1. The molecule has 0 aromatic carbocycles. The first-order valence-electron chi connectivity index (χ1n) is 19.9. The Morgan fingerprint density at radius 3 is 2.04 bits per heavy atom. The summed E-state index contributed by atoms with van der Waals surface area (Å²) in [5.41, 5.74) is -0.147.